The van der Waals surface area contributed by atoms with Gasteiger partial charge in [0.15, 0.2) is 6.10 Å². The molecule has 68 heavy (non-hydrogen) atoms. The Morgan fingerprint density at radius 1 is 0.235 bits per heavy atom. The van der Waals surface area contributed by atoms with E-state index in [9.17, 15) is 14.4 Å². The standard InChI is InChI=1S/C62H120O6/c1-4-7-10-13-16-19-21-23-25-27-28-29-30-31-32-33-34-35-36-38-39-41-43-46-49-52-55-61(64)67-58-59(57-66-60(63)54-51-48-45-18-15-12-9-6-3)68-62(65)56-53-50-47-44-42-40-37-26-24-22-20-17-14-11-8-5-2/h59H,4-58H2,1-3H3. The molecule has 0 aromatic heterocycles. The quantitative estimate of drug-likeness (QED) is 0.0343. The first-order chi connectivity index (χ1) is 33.5. The maximum atomic E-state index is 12.8. The summed E-state index contributed by atoms with van der Waals surface area (Å²) >= 11 is 0. The second-order valence-electron chi connectivity index (χ2n) is 21.3. The third kappa shape index (κ3) is 55.3. The summed E-state index contributed by atoms with van der Waals surface area (Å²) in [4.78, 5) is 38.0. The van der Waals surface area contributed by atoms with Crippen LogP contribution in [0.15, 0.2) is 0 Å². The van der Waals surface area contributed by atoms with E-state index in [-0.39, 0.29) is 31.1 Å². The zero-order valence-corrected chi connectivity index (χ0v) is 46.4. The van der Waals surface area contributed by atoms with Crippen molar-refractivity contribution < 1.29 is 28.6 Å². The summed E-state index contributed by atoms with van der Waals surface area (Å²) in [7, 11) is 0. The Morgan fingerprint density at radius 2 is 0.397 bits per heavy atom. The number of unbranched alkanes of at least 4 members (excludes halogenated alkanes) is 47. The van der Waals surface area contributed by atoms with E-state index >= 15 is 0 Å². The minimum Gasteiger partial charge on any atom is -0.462 e. The van der Waals surface area contributed by atoms with E-state index in [1.807, 2.05) is 0 Å². The molecule has 0 fully saturated rings. The summed E-state index contributed by atoms with van der Waals surface area (Å²) in [5, 5.41) is 0. The molecule has 0 bridgehead atoms. The number of rotatable bonds is 58. The molecule has 0 rings (SSSR count). The van der Waals surface area contributed by atoms with Crippen LogP contribution in [-0.2, 0) is 28.6 Å². The van der Waals surface area contributed by atoms with Crippen molar-refractivity contribution in [1.82, 2.24) is 0 Å². The summed E-state index contributed by atoms with van der Waals surface area (Å²) in [5.41, 5.74) is 0. The largest absolute Gasteiger partial charge is 0.462 e. The Bertz CT molecular complexity index is 1010. The molecule has 6 heteroatoms. The van der Waals surface area contributed by atoms with Crippen molar-refractivity contribution in [2.45, 2.75) is 367 Å². The van der Waals surface area contributed by atoms with E-state index in [1.54, 1.807) is 0 Å². The number of carbonyl (C=O) groups excluding carboxylic acids is 3. The lowest BCUT2D eigenvalue weighted by Gasteiger charge is -2.18. The van der Waals surface area contributed by atoms with Gasteiger partial charge in [-0.3, -0.25) is 14.4 Å². The predicted molar refractivity (Wildman–Crippen MR) is 294 cm³/mol. The molecule has 0 aliphatic heterocycles. The third-order valence-electron chi connectivity index (χ3n) is 14.4. The average molecular weight is 962 g/mol. The first kappa shape index (κ1) is 66.4. The molecular formula is C62H120O6. The number of hydrogen-bond donors (Lipinski definition) is 0. The molecule has 1 atom stereocenters. The average Bonchev–Trinajstić information content (AvgIpc) is 3.34. The fraction of sp³-hybridized carbons (Fsp3) is 0.952. The van der Waals surface area contributed by atoms with Crippen molar-refractivity contribution in [1.29, 1.82) is 0 Å². The van der Waals surface area contributed by atoms with Gasteiger partial charge >= 0.3 is 17.9 Å². The van der Waals surface area contributed by atoms with Gasteiger partial charge in [-0.05, 0) is 19.3 Å². The van der Waals surface area contributed by atoms with Gasteiger partial charge in [0.25, 0.3) is 0 Å². The van der Waals surface area contributed by atoms with Crippen LogP contribution in [0.4, 0.5) is 0 Å². The van der Waals surface area contributed by atoms with Gasteiger partial charge in [-0.15, -0.1) is 0 Å². The summed E-state index contributed by atoms with van der Waals surface area (Å²) in [5.74, 6) is -0.837. The van der Waals surface area contributed by atoms with Crippen molar-refractivity contribution in [3.63, 3.8) is 0 Å². The molecule has 1 unspecified atom stereocenters. The van der Waals surface area contributed by atoms with Gasteiger partial charge in [0.05, 0.1) is 0 Å². The summed E-state index contributed by atoms with van der Waals surface area (Å²) in [6, 6.07) is 0. The number of ether oxygens (including phenoxy) is 3. The summed E-state index contributed by atoms with van der Waals surface area (Å²) in [6.07, 6.45) is 65.6. The molecule has 0 saturated heterocycles. The van der Waals surface area contributed by atoms with Gasteiger partial charge in [-0.25, -0.2) is 0 Å². The summed E-state index contributed by atoms with van der Waals surface area (Å²) in [6.45, 7) is 6.68. The van der Waals surface area contributed by atoms with Crippen molar-refractivity contribution >= 4 is 17.9 Å². The number of esters is 3. The van der Waals surface area contributed by atoms with Crippen LogP contribution >= 0.6 is 0 Å². The molecule has 0 amide bonds. The first-order valence-electron chi connectivity index (χ1n) is 31.0. The monoisotopic (exact) mass is 961 g/mol. The van der Waals surface area contributed by atoms with E-state index in [0.29, 0.717) is 19.3 Å². The third-order valence-corrected chi connectivity index (χ3v) is 14.4. The highest BCUT2D eigenvalue weighted by Gasteiger charge is 2.19. The summed E-state index contributed by atoms with van der Waals surface area (Å²) < 4.78 is 16.9. The lowest BCUT2D eigenvalue weighted by Crippen LogP contribution is -2.30. The number of carbonyl (C=O) groups is 3. The van der Waals surface area contributed by atoms with E-state index in [0.717, 1.165) is 57.8 Å². The molecule has 404 valence electrons. The fourth-order valence-corrected chi connectivity index (χ4v) is 9.68. The Kier molecular flexibility index (Phi) is 56.6. The van der Waals surface area contributed by atoms with Gasteiger partial charge in [0.2, 0.25) is 0 Å². The molecule has 0 spiro atoms. The van der Waals surface area contributed by atoms with Crippen molar-refractivity contribution in [2.75, 3.05) is 13.2 Å². The second kappa shape index (κ2) is 58.0. The van der Waals surface area contributed by atoms with Gasteiger partial charge < -0.3 is 14.2 Å². The smallest absolute Gasteiger partial charge is 0.306 e. The highest BCUT2D eigenvalue weighted by molar-refractivity contribution is 5.71. The molecule has 0 aliphatic carbocycles. The maximum absolute atomic E-state index is 12.8. The zero-order chi connectivity index (χ0) is 49.3. The normalized spacial score (nSPS) is 11.9. The van der Waals surface area contributed by atoms with Crippen molar-refractivity contribution in [2.24, 2.45) is 0 Å². The van der Waals surface area contributed by atoms with Gasteiger partial charge in [-0.1, -0.05) is 323 Å². The van der Waals surface area contributed by atoms with E-state index < -0.39 is 6.10 Å². The van der Waals surface area contributed by atoms with Crippen LogP contribution in [0, 0.1) is 0 Å². The van der Waals surface area contributed by atoms with E-state index in [2.05, 4.69) is 20.8 Å². The van der Waals surface area contributed by atoms with Crippen LogP contribution in [0.1, 0.15) is 361 Å². The van der Waals surface area contributed by atoms with Crippen LogP contribution in [0.2, 0.25) is 0 Å². The lowest BCUT2D eigenvalue weighted by atomic mass is 10.0. The van der Waals surface area contributed by atoms with Crippen LogP contribution in [-0.4, -0.2) is 37.2 Å². The van der Waals surface area contributed by atoms with Gasteiger partial charge in [0, 0.05) is 19.3 Å². The van der Waals surface area contributed by atoms with Crippen LogP contribution in [0.5, 0.6) is 0 Å². The Hall–Kier alpha value is -1.59. The lowest BCUT2D eigenvalue weighted by molar-refractivity contribution is -0.167. The van der Waals surface area contributed by atoms with Crippen LogP contribution in [0.25, 0.3) is 0 Å². The molecule has 0 radical (unpaired) electrons. The maximum Gasteiger partial charge on any atom is 0.306 e. The molecule has 0 saturated carbocycles. The van der Waals surface area contributed by atoms with Crippen molar-refractivity contribution in [3.8, 4) is 0 Å². The highest BCUT2D eigenvalue weighted by atomic mass is 16.6. The van der Waals surface area contributed by atoms with E-state index in [4.69, 9.17) is 14.2 Å². The Balaban J connectivity index is 4.06. The molecule has 0 aromatic rings. The second-order valence-corrected chi connectivity index (χ2v) is 21.3. The van der Waals surface area contributed by atoms with Gasteiger partial charge in [0.1, 0.15) is 13.2 Å². The molecule has 0 aromatic carbocycles. The first-order valence-corrected chi connectivity index (χ1v) is 31.0. The fourth-order valence-electron chi connectivity index (χ4n) is 9.68. The predicted octanol–water partition coefficient (Wildman–Crippen LogP) is 20.7. The van der Waals surface area contributed by atoms with Crippen LogP contribution < -0.4 is 0 Å². The SMILES string of the molecule is CCCCCCCCCCCCCCCCCCCCCCCCCCCCC(=O)OCC(COC(=O)CCCCCCCCCC)OC(=O)CCCCCCCCCCCCCCCCCC. The van der Waals surface area contributed by atoms with E-state index in [1.165, 1.54) is 263 Å². The number of hydrogen-bond acceptors (Lipinski definition) is 6. The van der Waals surface area contributed by atoms with Crippen LogP contribution in [0.3, 0.4) is 0 Å². The molecule has 0 aliphatic rings. The molecular weight excluding hydrogens is 841 g/mol. The molecule has 0 heterocycles. The van der Waals surface area contributed by atoms with Crippen molar-refractivity contribution in [3.05, 3.63) is 0 Å². The minimum absolute atomic E-state index is 0.0615. The van der Waals surface area contributed by atoms with Gasteiger partial charge in [-0.2, -0.15) is 0 Å². The Morgan fingerprint density at radius 3 is 0.588 bits per heavy atom. The molecule has 0 N–H and O–H groups in total. The Labute approximate surface area is 425 Å². The molecule has 6 nitrogen and oxygen atoms in total. The minimum atomic E-state index is -0.760. The highest BCUT2D eigenvalue weighted by Crippen LogP contribution is 2.18. The zero-order valence-electron chi connectivity index (χ0n) is 46.4. The topological polar surface area (TPSA) is 78.9 Å².